The molecule has 0 aliphatic carbocycles. The van der Waals surface area contributed by atoms with Gasteiger partial charge in [-0.1, -0.05) is 27.7 Å². The summed E-state index contributed by atoms with van der Waals surface area (Å²) in [5.74, 6) is -5.90. The minimum atomic E-state index is -1.33. The quantitative estimate of drug-likeness (QED) is 0.137. The third-order valence-corrected chi connectivity index (χ3v) is 4.89. The lowest BCUT2D eigenvalue weighted by atomic mass is 9.99. The summed E-state index contributed by atoms with van der Waals surface area (Å²) in [5.41, 5.74) is 10.7. The normalized spacial score (nSPS) is 14.6. The Morgan fingerprint density at radius 3 is 1.76 bits per heavy atom. The lowest BCUT2D eigenvalue weighted by Gasteiger charge is -2.27. The van der Waals surface area contributed by atoms with Crippen LogP contribution in [0.15, 0.2) is 0 Å². The van der Waals surface area contributed by atoms with Crippen LogP contribution in [0.4, 0.5) is 0 Å². The van der Waals surface area contributed by atoms with Crippen molar-refractivity contribution < 1.29 is 39.0 Å². The van der Waals surface area contributed by atoms with Gasteiger partial charge in [0, 0.05) is 12.8 Å². The van der Waals surface area contributed by atoms with Gasteiger partial charge >= 0.3 is 11.9 Å². The Morgan fingerprint density at radius 2 is 1.32 bits per heavy atom. The number of nitrogens with one attached hydrogen (secondary N) is 3. The van der Waals surface area contributed by atoms with Gasteiger partial charge in [-0.05, 0) is 31.1 Å². The highest BCUT2D eigenvalue weighted by atomic mass is 16.4. The first-order valence-electron chi connectivity index (χ1n) is 11.0. The second kappa shape index (κ2) is 14.8. The van der Waals surface area contributed by atoms with Crippen molar-refractivity contribution >= 4 is 35.6 Å². The summed E-state index contributed by atoms with van der Waals surface area (Å²) in [6.45, 7) is 6.86. The second-order valence-corrected chi connectivity index (χ2v) is 8.86. The van der Waals surface area contributed by atoms with Crippen molar-refractivity contribution in [3.05, 3.63) is 0 Å². The third kappa shape index (κ3) is 12.1. The van der Waals surface area contributed by atoms with Gasteiger partial charge in [0.1, 0.15) is 18.1 Å². The molecule has 13 nitrogen and oxygen atoms in total. The van der Waals surface area contributed by atoms with E-state index >= 15 is 0 Å². The van der Waals surface area contributed by atoms with Gasteiger partial charge < -0.3 is 37.6 Å². The maximum absolute atomic E-state index is 12.9. The summed E-state index contributed by atoms with van der Waals surface area (Å²) in [7, 11) is 0. The highest BCUT2D eigenvalue weighted by molar-refractivity contribution is 5.94. The first kappa shape index (κ1) is 30.8. The number of hydrogen-bond donors (Lipinski definition) is 7. The smallest absolute Gasteiger partial charge is 0.326 e. The van der Waals surface area contributed by atoms with E-state index in [-0.39, 0.29) is 31.6 Å². The molecule has 0 saturated heterocycles. The number of carbonyl (C=O) groups excluding carboxylic acids is 4. The van der Waals surface area contributed by atoms with E-state index in [4.69, 9.17) is 16.6 Å². The van der Waals surface area contributed by atoms with Gasteiger partial charge in [-0.15, -0.1) is 0 Å². The van der Waals surface area contributed by atoms with Crippen LogP contribution in [0, 0.1) is 11.8 Å². The minimum absolute atomic E-state index is 0.0112. The zero-order chi connectivity index (χ0) is 26.6. The number of aliphatic carboxylic acids is 2. The van der Waals surface area contributed by atoms with Gasteiger partial charge in [0.15, 0.2) is 0 Å². The van der Waals surface area contributed by atoms with Gasteiger partial charge in [-0.25, -0.2) is 4.79 Å². The number of amides is 4. The Bertz CT molecular complexity index is 755. The maximum atomic E-state index is 12.9. The fourth-order valence-corrected chi connectivity index (χ4v) is 2.99. The van der Waals surface area contributed by atoms with Crippen molar-refractivity contribution in [2.24, 2.45) is 23.3 Å². The number of primary amides is 1. The highest BCUT2D eigenvalue weighted by Gasteiger charge is 2.32. The molecule has 0 aliphatic heterocycles. The molecule has 0 aromatic rings. The monoisotopic (exact) mass is 487 g/mol. The highest BCUT2D eigenvalue weighted by Crippen LogP contribution is 2.09. The van der Waals surface area contributed by atoms with Crippen molar-refractivity contribution in [2.45, 2.75) is 84.0 Å². The van der Waals surface area contributed by atoms with E-state index in [9.17, 15) is 33.9 Å². The zero-order valence-electron chi connectivity index (χ0n) is 20.0. The van der Waals surface area contributed by atoms with E-state index in [1.54, 1.807) is 27.7 Å². The first-order chi connectivity index (χ1) is 15.6. The Kier molecular flexibility index (Phi) is 13.4. The van der Waals surface area contributed by atoms with Gasteiger partial charge in [0.25, 0.3) is 0 Å². The summed E-state index contributed by atoms with van der Waals surface area (Å²) >= 11 is 0. The molecule has 4 atom stereocenters. The molecule has 34 heavy (non-hydrogen) atoms. The second-order valence-electron chi connectivity index (χ2n) is 8.86. The average Bonchev–Trinajstić information content (AvgIpc) is 2.71. The van der Waals surface area contributed by atoms with Gasteiger partial charge in [-0.2, -0.15) is 0 Å². The summed E-state index contributed by atoms with van der Waals surface area (Å²) in [6, 6.07) is -4.79. The predicted molar refractivity (Wildman–Crippen MR) is 121 cm³/mol. The number of nitrogens with two attached hydrogens (primary N) is 2. The Morgan fingerprint density at radius 1 is 0.765 bits per heavy atom. The van der Waals surface area contributed by atoms with E-state index in [0.29, 0.717) is 0 Å². The van der Waals surface area contributed by atoms with Crippen LogP contribution in [0.25, 0.3) is 0 Å². The molecule has 0 saturated carbocycles. The Labute approximate surface area is 198 Å². The molecule has 0 rings (SSSR count). The number of hydrogen-bond acceptors (Lipinski definition) is 7. The van der Waals surface area contributed by atoms with Crippen LogP contribution in [-0.4, -0.2) is 69.9 Å². The molecular formula is C21H37N5O8. The third-order valence-electron chi connectivity index (χ3n) is 4.89. The number of carbonyl (C=O) groups is 6. The van der Waals surface area contributed by atoms with Crippen LogP contribution >= 0.6 is 0 Å². The predicted octanol–water partition coefficient (Wildman–Crippen LogP) is -1.31. The van der Waals surface area contributed by atoms with Crippen LogP contribution < -0.4 is 27.4 Å². The molecule has 4 unspecified atom stereocenters. The lowest BCUT2D eigenvalue weighted by Crippen LogP contribution is -2.58. The molecule has 0 aliphatic rings. The van der Waals surface area contributed by atoms with Gasteiger partial charge in [-0.3, -0.25) is 24.0 Å². The number of carboxylic acid groups (broad SMARTS) is 2. The van der Waals surface area contributed by atoms with Crippen LogP contribution in [0.3, 0.4) is 0 Å². The van der Waals surface area contributed by atoms with E-state index in [1.807, 2.05) is 0 Å². The summed E-state index contributed by atoms with van der Waals surface area (Å²) in [5, 5.41) is 25.6. The lowest BCUT2D eigenvalue weighted by molar-refractivity contribution is -0.143. The molecule has 194 valence electrons. The Hall–Kier alpha value is -3.22. The SMILES string of the molecule is CC(C)CC(NC(=O)C(NC(=O)C(CCC(=O)O)NC(=O)C(N)CCC(N)=O)C(C)C)C(=O)O. The topological polar surface area (TPSA) is 231 Å². The van der Waals surface area contributed by atoms with Crippen LogP contribution in [0.1, 0.15) is 59.8 Å². The number of rotatable bonds is 16. The first-order valence-corrected chi connectivity index (χ1v) is 11.0. The van der Waals surface area contributed by atoms with E-state index < -0.39 is 72.1 Å². The summed E-state index contributed by atoms with van der Waals surface area (Å²) in [6.07, 6.45) is -0.786. The molecule has 13 heteroatoms. The zero-order valence-corrected chi connectivity index (χ0v) is 20.0. The molecule has 0 spiro atoms. The molecule has 0 radical (unpaired) electrons. The van der Waals surface area contributed by atoms with E-state index in [2.05, 4.69) is 16.0 Å². The van der Waals surface area contributed by atoms with E-state index in [1.165, 1.54) is 0 Å². The largest absolute Gasteiger partial charge is 0.481 e. The van der Waals surface area contributed by atoms with Crippen molar-refractivity contribution in [2.75, 3.05) is 0 Å². The molecule has 0 heterocycles. The van der Waals surface area contributed by atoms with Crippen LogP contribution in [-0.2, 0) is 28.8 Å². The Balaban J connectivity index is 5.47. The number of carboxylic acids is 2. The van der Waals surface area contributed by atoms with Gasteiger partial charge in [0.2, 0.25) is 23.6 Å². The fraction of sp³-hybridized carbons (Fsp3) is 0.714. The van der Waals surface area contributed by atoms with Crippen molar-refractivity contribution in [3.63, 3.8) is 0 Å². The molecule has 0 aromatic heterocycles. The fourth-order valence-electron chi connectivity index (χ4n) is 2.99. The van der Waals surface area contributed by atoms with Gasteiger partial charge in [0.05, 0.1) is 6.04 Å². The molecular weight excluding hydrogens is 450 g/mol. The standard InChI is InChI=1S/C21H37N5O8/c1-10(2)9-14(21(33)34)25-20(32)17(11(3)4)26-19(31)13(6-8-16(28)29)24-18(30)12(22)5-7-15(23)27/h10-14,17H,5-9,22H2,1-4H3,(H2,23,27)(H,24,30)(H,25,32)(H,26,31)(H,28,29)(H,33,34). The van der Waals surface area contributed by atoms with Crippen molar-refractivity contribution in [3.8, 4) is 0 Å². The van der Waals surface area contributed by atoms with Crippen LogP contribution in [0.2, 0.25) is 0 Å². The molecule has 4 amide bonds. The molecule has 0 aromatic carbocycles. The van der Waals surface area contributed by atoms with Crippen molar-refractivity contribution in [1.82, 2.24) is 16.0 Å². The molecule has 9 N–H and O–H groups in total. The van der Waals surface area contributed by atoms with Crippen molar-refractivity contribution in [1.29, 1.82) is 0 Å². The summed E-state index contributed by atoms with van der Waals surface area (Å²) in [4.78, 5) is 71.3. The van der Waals surface area contributed by atoms with Crippen LogP contribution in [0.5, 0.6) is 0 Å². The average molecular weight is 488 g/mol. The van der Waals surface area contributed by atoms with E-state index in [0.717, 1.165) is 0 Å². The maximum Gasteiger partial charge on any atom is 0.326 e. The molecule has 0 bridgehead atoms. The minimum Gasteiger partial charge on any atom is -0.481 e. The molecule has 0 fully saturated rings. The summed E-state index contributed by atoms with van der Waals surface area (Å²) < 4.78 is 0.